The molecular weight excluding hydrogens is 292 g/mol. The fraction of sp³-hybridized carbons (Fsp3) is 0.500. The lowest BCUT2D eigenvalue weighted by Gasteiger charge is -2.18. The molecule has 100 valence electrons. The van der Waals surface area contributed by atoms with Crippen LogP contribution in [0, 0.1) is 0 Å². The minimum absolute atomic E-state index is 0.173. The highest BCUT2D eigenvalue weighted by Crippen LogP contribution is 2.17. The van der Waals surface area contributed by atoms with Crippen molar-refractivity contribution in [3.63, 3.8) is 0 Å². The Labute approximate surface area is 117 Å². The van der Waals surface area contributed by atoms with E-state index >= 15 is 0 Å². The number of carbonyl (C=O) groups is 1. The summed E-state index contributed by atoms with van der Waals surface area (Å²) in [6.07, 6.45) is 2.33. The van der Waals surface area contributed by atoms with Crippen molar-refractivity contribution in [3.8, 4) is 0 Å². The van der Waals surface area contributed by atoms with Gasteiger partial charge in [0.2, 0.25) is 5.91 Å². The van der Waals surface area contributed by atoms with Crippen molar-refractivity contribution in [1.29, 1.82) is 0 Å². The zero-order chi connectivity index (χ0) is 13.5. The first-order chi connectivity index (χ1) is 8.50. The molecule has 3 nitrogen and oxygen atoms in total. The molecule has 0 bridgehead atoms. The lowest BCUT2D eigenvalue weighted by molar-refractivity contribution is -0.130. The van der Waals surface area contributed by atoms with Gasteiger partial charge in [0, 0.05) is 30.5 Å². The van der Waals surface area contributed by atoms with Gasteiger partial charge in [0.1, 0.15) is 0 Å². The van der Waals surface area contributed by atoms with Crippen molar-refractivity contribution in [2.24, 2.45) is 5.73 Å². The molecule has 1 aromatic carbocycles. The van der Waals surface area contributed by atoms with Crippen LogP contribution in [-0.2, 0) is 11.3 Å². The van der Waals surface area contributed by atoms with Gasteiger partial charge in [-0.1, -0.05) is 34.1 Å². The maximum atomic E-state index is 11.9. The van der Waals surface area contributed by atoms with Crippen LogP contribution < -0.4 is 5.73 Å². The number of amides is 1. The number of halogens is 1. The average molecular weight is 313 g/mol. The van der Waals surface area contributed by atoms with E-state index < -0.39 is 0 Å². The maximum absolute atomic E-state index is 11.9. The fourth-order valence-electron chi connectivity index (χ4n) is 1.74. The van der Waals surface area contributed by atoms with Gasteiger partial charge >= 0.3 is 0 Å². The van der Waals surface area contributed by atoms with E-state index in [9.17, 15) is 4.79 Å². The first kappa shape index (κ1) is 15.2. The SMILES string of the molecule is CC(N)CCCC(=O)N(C)Cc1ccccc1Br. The Hall–Kier alpha value is -0.870. The van der Waals surface area contributed by atoms with Crippen LogP contribution in [0.15, 0.2) is 28.7 Å². The third-order valence-corrected chi connectivity index (χ3v) is 3.61. The van der Waals surface area contributed by atoms with Gasteiger partial charge in [0.25, 0.3) is 0 Å². The minimum atomic E-state index is 0.173. The summed E-state index contributed by atoms with van der Waals surface area (Å²) in [5.41, 5.74) is 6.79. The molecule has 1 rings (SSSR count). The smallest absolute Gasteiger partial charge is 0.222 e. The number of carbonyl (C=O) groups excluding carboxylic acids is 1. The van der Waals surface area contributed by atoms with Crippen LogP contribution in [0.1, 0.15) is 31.7 Å². The van der Waals surface area contributed by atoms with E-state index in [0.29, 0.717) is 13.0 Å². The molecular formula is C14H21BrN2O. The van der Waals surface area contributed by atoms with E-state index in [1.54, 1.807) is 4.90 Å². The van der Waals surface area contributed by atoms with E-state index in [2.05, 4.69) is 15.9 Å². The molecule has 1 amide bonds. The second kappa shape index (κ2) is 7.54. The lowest BCUT2D eigenvalue weighted by Crippen LogP contribution is -2.26. The van der Waals surface area contributed by atoms with E-state index in [1.807, 2.05) is 38.2 Å². The summed E-state index contributed by atoms with van der Waals surface area (Å²) in [4.78, 5) is 13.7. The second-order valence-corrected chi connectivity index (χ2v) is 5.57. The number of rotatable bonds is 6. The van der Waals surface area contributed by atoms with Gasteiger partial charge in [0.15, 0.2) is 0 Å². The summed E-state index contributed by atoms with van der Waals surface area (Å²) < 4.78 is 1.04. The number of hydrogen-bond donors (Lipinski definition) is 1. The molecule has 0 aliphatic heterocycles. The lowest BCUT2D eigenvalue weighted by atomic mass is 10.1. The van der Waals surface area contributed by atoms with Gasteiger partial charge in [-0.3, -0.25) is 4.79 Å². The summed E-state index contributed by atoms with van der Waals surface area (Å²) in [6.45, 7) is 2.60. The topological polar surface area (TPSA) is 46.3 Å². The van der Waals surface area contributed by atoms with Crippen molar-refractivity contribution in [2.75, 3.05) is 7.05 Å². The van der Waals surface area contributed by atoms with Gasteiger partial charge < -0.3 is 10.6 Å². The molecule has 0 saturated carbocycles. The number of hydrogen-bond acceptors (Lipinski definition) is 2. The predicted molar refractivity (Wildman–Crippen MR) is 78.1 cm³/mol. The van der Waals surface area contributed by atoms with Crippen LogP contribution in [0.4, 0.5) is 0 Å². The zero-order valence-corrected chi connectivity index (χ0v) is 12.6. The minimum Gasteiger partial charge on any atom is -0.341 e. The first-order valence-corrected chi connectivity index (χ1v) is 7.03. The molecule has 0 aliphatic carbocycles. The van der Waals surface area contributed by atoms with Gasteiger partial charge in [-0.25, -0.2) is 0 Å². The molecule has 1 aromatic rings. The zero-order valence-electron chi connectivity index (χ0n) is 11.0. The second-order valence-electron chi connectivity index (χ2n) is 4.71. The predicted octanol–water partition coefficient (Wildman–Crippen LogP) is 2.93. The van der Waals surface area contributed by atoms with Crippen molar-refractivity contribution in [2.45, 2.75) is 38.8 Å². The summed E-state index contributed by atoms with van der Waals surface area (Å²) in [5, 5.41) is 0. The quantitative estimate of drug-likeness (QED) is 0.878. The number of nitrogens with two attached hydrogens (primary N) is 1. The van der Waals surface area contributed by atoms with Gasteiger partial charge in [-0.05, 0) is 31.4 Å². The van der Waals surface area contributed by atoms with Crippen LogP contribution in [-0.4, -0.2) is 23.9 Å². The Balaban J connectivity index is 2.43. The van der Waals surface area contributed by atoms with E-state index in [1.165, 1.54) is 0 Å². The van der Waals surface area contributed by atoms with Crippen LogP contribution in [0.2, 0.25) is 0 Å². The highest BCUT2D eigenvalue weighted by Gasteiger charge is 2.10. The molecule has 0 heterocycles. The molecule has 0 fully saturated rings. The molecule has 0 spiro atoms. The fourth-order valence-corrected chi connectivity index (χ4v) is 2.15. The molecule has 1 atom stereocenters. The molecule has 4 heteroatoms. The Morgan fingerprint density at radius 1 is 1.44 bits per heavy atom. The summed E-state index contributed by atoms with van der Waals surface area (Å²) in [6, 6.07) is 8.14. The number of nitrogens with zero attached hydrogens (tertiary/aromatic N) is 1. The third kappa shape index (κ3) is 5.19. The van der Waals surface area contributed by atoms with Crippen molar-refractivity contribution in [3.05, 3.63) is 34.3 Å². The Bertz CT molecular complexity index is 393. The number of benzene rings is 1. The first-order valence-electron chi connectivity index (χ1n) is 6.23. The summed E-state index contributed by atoms with van der Waals surface area (Å²) in [7, 11) is 1.84. The van der Waals surface area contributed by atoms with Crippen LogP contribution in [0.3, 0.4) is 0 Å². The van der Waals surface area contributed by atoms with Gasteiger partial charge in [-0.2, -0.15) is 0 Å². The third-order valence-electron chi connectivity index (χ3n) is 2.84. The van der Waals surface area contributed by atoms with Crippen LogP contribution in [0.25, 0.3) is 0 Å². The Morgan fingerprint density at radius 2 is 2.11 bits per heavy atom. The Kier molecular flexibility index (Phi) is 6.36. The van der Waals surface area contributed by atoms with Crippen molar-refractivity contribution in [1.82, 2.24) is 4.90 Å². The van der Waals surface area contributed by atoms with Crippen LogP contribution >= 0.6 is 15.9 Å². The van der Waals surface area contributed by atoms with Crippen molar-refractivity contribution >= 4 is 21.8 Å². The molecule has 0 radical (unpaired) electrons. The normalized spacial score (nSPS) is 12.2. The van der Waals surface area contributed by atoms with Gasteiger partial charge in [0.05, 0.1) is 0 Å². The molecule has 2 N–H and O–H groups in total. The molecule has 1 unspecified atom stereocenters. The molecule has 0 aromatic heterocycles. The largest absolute Gasteiger partial charge is 0.341 e. The highest BCUT2D eigenvalue weighted by atomic mass is 79.9. The van der Waals surface area contributed by atoms with E-state index in [-0.39, 0.29) is 11.9 Å². The molecule has 0 saturated heterocycles. The molecule has 0 aliphatic rings. The highest BCUT2D eigenvalue weighted by molar-refractivity contribution is 9.10. The molecule has 18 heavy (non-hydrogen) atoms. The van der Waals surface area contributed by atoms with Crippen LogP contribution in [0.5, 0.6) is 0 Å². The van der Waals surface area contributed by atoms with E-state index in [0.717, 1.165) is 22.9 Å². The van der Waals surface area contributed by atoms with E-state index in [4.69, 9.17) is 5.73 Å². The monoisotopic (exact) mass is 312 g/mol. The summed E-state index contributed by atoms with van der Waals surface area (Å²) >= 11 is 3.49. The Morgan fingerprint density at radius 3 is 2.72 bits per heavy atom. The maximum Gasteiger partial charge on any atom is 0.222 e. The average Bonchev–Trinajstić information content (AvgIpc) is 2.31. The van der Waals surface area contributed by atoms with Gasteiger partial charge in [-0.15, -0.1) is 0 Å². The summed E-state index contributed by atoms with van der Waals surface area (Å²) in [5.74, 6) is 0.173. The van der Waals surface area contributed by atoms with Crippen molar-refractivity contribution < 1.29 is 4.79 Å². The standard InChI is InChI=1S/C14H21BrN2O/c1-11(16)6-5-9-14(18)17(2)10-12-7-3-4-8-13(12)15/h3-4,7-8,11H,5-6,9-10,16H2,1-2H3.